The number of aliphatic hydroxyl groups excluding tert-OH is 5. The van der Waals surface area contributed by atoms with Crippen molar-refractivity contribution >= 4 is 5.91 Å². The van der Waals surface area contributed by atoms with Crippen LogP contribution in [0, 0.1) is 0 Å². The summed E-state index contributed by atoms with van der Waals surface area (Å²) < 4.78 is 11.2. The van der Waals surface area contributed by atoms with Gasteiger partial charge in [-0.15, -0.1) is 0 Å². The first-order valence-corrected chi connectivity index (χ1v) is 24.5. The molecule has 1 aliphatic heterocycles. The average Bonchev–Trinajstić information content (AvgIpc) is 3.25. The van der Waals surface area contributed by atoms with Crippen molar-refractivity contribution in [2.24, 2.45) is 0 Å². The van der Waals surface area contributed by atoms with Crippen molar-refractivity contribution in [3.05, 3.63) is 60.8 Å². The Kier molecular flexibility index (Phi) is 38.1. The van der Waals surface area contributed by atoms with Crippen LogP contribution in [-0.2, 0) is 14.3 Å². The van der Waals surface area contributed by atoms with Crippen molar-refractivity contribution < 1.29 is 39.8 Å². The van der Waals surface area contributed by atoms with Crippen LogP contribution in [0.15, 0.2) is 60.8 Å². The number of unbranched alkanes of at least 4 members (excludes halogenated alkanes) is 22. The Labute approximate surface area is 366 Å². The summed E-state index contributed by atoms with van der Waals surface area (Å²) in [6.07, 6.45) is 46.8. The van der Waals surface area contributed by atoms with Gasteiger partial charge in [0, 0.05) is 6.42 Å². The number of allylic oxidation sites excluding steroid dienone is 9. The third-order valence-electron chi connectivity index (χ3n) is 11.3. The molecule has 0 aromatic carbocycles. The lowest BCUT2D eigenvalue weighted by Gasteiger charge is -2.40. The number of hydrogen-bond donors (Lipinski definition) is 6. The molecule has 0 radical (unpaired) electrons. The summed E-state index contributed by atoms with van der Waals surface area (Å²) in [7, 11) is 0. The maximum atomic E-state index is 13.0. The van der Waals surface area contributed by atoms with Crippen molar-refractivity contribution in [2.75, 3.05) is 13.2 Å². The highest BCUT2D eigenvalue weighted by atomic mass is 16.7. The fraction of sp³-hybridized carbons (Fsp3) is 0.784. The zero-order valence-electron chi connectivity index (χ0n) is 38.2. The summed E-state index contributed by atoms with van der Waals surface area (Å²) in [5.41, 5.74) is 0. The number of ether oxygens (including phenoxy) is 2. The summed E-state index contributed by atoms with van der Waals surface area (Å²) in [5, 5.41) is 54.3. The molecule has 1 aliphatic rings. The number of carbonyl (C=O) groups is 1. The molecule has 0 aliphatic carbocycles. The van der Waals surface area contributed by atoms with Crippen LogP contribution in [0.25, 0.3) is 0 Å². The molecule has 9 heteroatoms. The number of amides is 1. The predicted octanol–water partition coefficient (Wildman–Crippen LogP) is 10.8. The molecule has 6 N–H and O–H groups in total. The highest BCUT2D eigenvalue weighted by molar-refractivity contribution is 5.76. The molecule has 0 spiro atoms. The molecular formula is C51H91NO8. The molecule has 1 fully saturated rings. The Morgan fingerprint density at radius 3 is 1.53 bits per heavy atom. The lowest BCUT2D eigenvalue weighted by Crippen LogP contribution is -2.60. The number of carbonyl (C=O) groups excluding carboxylic acids is 1. The van der Waals surface area contributed by atoms with Gasteiger partial charge in [-0.2, -0.15) is 0 Å². The maximum Gasteiger partial charge on any atom is 0.220 e. The van der Waals surface area contributed by atoms with E-state index in [1.165, 1.54) is 103 Å². The van der Waals surface area contributed by atoms with E-state index in [1.54, 1.807) is 6.08 Å². The molecular weight excluding hydrogens is 755 g/mol. The minimum atomic E-state index is -1.57. The van der Waals surface area contributed by atoms with Gasteiger partial charge in [-0.05, 0) is 57.8 Å². The van der Waals surface area contributed by atoms with E-state index < -0.39 is 49.5 Å². The molecule has 0 aromatic rings. The minimum absolute atomic E-state index is 0.187. The van der Waals surface area contributed by atoms with Crippen LogP contribution < -0.4 is 5.32 Å². The monoisotopic (exact) mass is 846 g/mol. The largest absolute Gasteiger partial charge is 0.394 e. The quantitative estimate of drug-likeness (QED) is 0.0264. The molecule has 1 saturated heterocycles. The SMILES string of the molecule is CC/C=C\C/C=C\C/C=C\C/C=C\CCCCCCCCCCC(=O)NC(COC1OC(CO)C(O)C(O)C1O)C(O)/C=C/CCCCCCCCCCCCCCCC. The summed E-state index contributed by atoms with van der Waals surface area (Å²) >= 11 is 0. The molecule has 7 atom stereocenters. The lowest BCUT2D eigenvalue weighted by molar-refractivity contribution is -0.302. The van der Waals surface area contributed by atoms with Crippen LogP contribution in [-0.4, -0.2) is 87.5 Å². The van der Waals surface area contributed by atoms with Gasteiger partial charge in [0.05, 0.1) is 25.4 Å². The molecule has 0 saturated carbocycles. The summed E-state index contributed by atoms with van der Waals surface area (Å²) in [4.78, 5) is 13.0. The number of rotatable bonds is 40. The zero-order chi connectivity index (χ0) is 43.7. The van der Waals surface area contributed by atoms with E-state index in [2.05, 4.69) is 67.8 Å². The second-order valence-corrected chi connectivity index (χ2v) is 16.9. The Balaban J connectivity index is 2.33. The first-order chi connectivity index (χ1) is 29.3. The smallest absolute Gasteiger partial charge is 0.220 e. The third-order valence-corrected chi connectivity index (χ3v) is 11.3. The molecule has 0 aromatic heterocycles. The Morgan fingerprint density at radius 2 is 1.03 bits per heavy atom. The van der Waals surface area contributed by atoms with Crippen molar-refractivity contribution in [1.82, 2.24) is 5.32 Å². The van der Waals surface area contributed by atoms with Gasteiger partial charge in [0.15, 0.2) is 6.29 Å². The van der Waals surface area contributed by atoms with Crippen LogP contribution in [0.1, 0.15) is 200 Å². The second kappa shape index (κ2) is 40.9. The zero-order valence-corrected chi connectivity index (χ0v) is 38.2. The molecule has 1 heterocycles. The van der Waals surface area contributed by atoms with Gasteiger partial charge in [-0.25, -0.2) is 0 Å². The molecule has 9 nitrogen and oxygen atoms in total. The average molecular weight is 846 g/mol. The summed E-state index contributed by atoms with van der Waals surface area (Å²) in [6.45, 7) is 3.65. The van der Waals surface area contributed by atoms with E-state index in [0.717, 1.165) is 77.0 Å². The van der Waals surface area contributed by atoms with E-state index in [0.29, 0.717) is 6.42 Å². The molecule has 60 heavy (non-hydrogen) atoms. The summed E-state index contributed by atoms with van der Waals surface area (Å²) in [6, 6.07) is -0.811. The van der Waals surface area contributed by atoms with Gasteiger partial charge >= 0.3 is 0 Å². The molecule has 348 valence electrons. The fourth-order valence-electron chi connectivity index (χ4n) is 7.44. The number of aliphatic hydroxyl groups is 5. The molecule has 0 bridgehead atoms. The number of hydrogen-bond acceptors (Lipinski definition) is 8. The van der Waals surface area contributed by atoms with E-state index in [9.17, 15) is 30.3 Å². The molecule has 1 rings (SSSR count). The standard InChI is InChI=1S/C51H91NO8/c1-3-5-7-9-11-13-15-17-19-21-22-23-24-25-27-29-31-33-35-37-39-41-47(55)52-44(43-59-51-50(58)49(57)48(56)46(42-53)60-51)45(54)40-38-36-34-32-30-28-26-20-18-16-14-12-10-8-6-4-2/h5,7,11,13,17,19,22-23,38,40,44-46,48-51,53-54,56-58H,3-4,6,8-10,12,14-16,18,20-21,24-37,39,41-43H2,1-2H3,(H,52,55)/b7-5-,13-11-,19-17-,23-22-,40-38+. The first kappa shape index (κ1) is 55.9. The lowest BCUT2D eigenvalue weighted by atomic mass is 9.99. The van der Waals surface area contributed by atoms with Crippen LogP contribution in [0.3, 0.4) is 0 Å². The highest BCUT2D eigenvalue weighted by Crippen LogP contribution is 2.23. The molecule has 7 unspecified atom stereocenters. The third kappa shape index (κ3) is 30.8. The van der Waals surface area contributed by atoms with Gasteiger partial charge < -0.3 is 40.3 Å². The Morgan fingerprint density at radius 1 is 0.583 bits per heavy atom. The first-order valence-electron chi connectivity index (χ1n) is 24.5. The van der Waals surface area contributed by atoms with Crippen molar-refractivity contribution in [3.8, 4) is 0 Å². The van der Waals surface area contributed by atoms with Gasteiger partial charge in [0.25, 0.3) is 0 Å². The van der Waals surface area contributed by atoms with Crippen LogP contribution in [0.5, 0.6) is 0 Å². The fourth-order valence-corrected chi connectivity index (χ4v) is 7.44. The van der Waals surface area contributed by atoms with Crippen LogP contribution in [0.4, 0.5) is 0 Å². The second-order valence-electron chi connectivity index (χ2n) is 16.9. The Hall–Kier alpha value is -2.11. The minimum Gasteiger partial charge on any atom is -0.394 e. The van der Waals surface area contributed by atoms with E-state index in [4.69, 9.17) is 9.47 Å². The van der Waals surface area contributed by atoms with Gasteiger partial charge in [0.2, 0.25) is 5.91 Å². The van der Waals surface area contributed by atoms with Crippen LogP contribution >= 0.6 is 0 Å². The van der Waals surface area contributed by atoms with E-state index in [1.807, 2.05) is 6.08 Å². The summed E-state index contributed by atoms with van der Waals surface area (Å²) in [5.74, 6) is -0.187. The van der Waals surface area contributed by atoms with E-state index >= 15 is 0 Å². The maximum absolute atomic E-state index is 13.0. The van der Waals surface area contributed by atoms with Gasteiger partial charge in [-0.3, -0.25) is 4.79 Å². The van der Waals surface area contributed by atoms with Crippen LogP contribution in [0.2, 0.25) is 0 Å². The van der Waals surface area contributed by atoms with Gasteiger partial charge in [-0.1, -0.05) is 197 Å². The predicted molar refractivity (Wildman–Crippen MR) is 249 cm³/mol. The molecule has 1 amide bonds. The van der Waals surface area contributed by atoms with Gasteiger partial charge in [0.1, 0.15) is 24.4 Å². The normalized spacial score (nSPS) is 21.1. The Bertz CT molecular complexity index is 1120. The number of nitrogens with one attached hydrogen (secondary N) is 1. The van der Waals surface area contributed by atoms with Crippen molar-refractivity contribution in [1.29, 1.82) is 0 Å². The highest BCUT2D eigenvalue weighted by Gasteiger charge is 2.44. The van der Waals surface area contributed by atoms with E-state index in [-0.39, 0.29) is 12.5 Å². The van der Waals surface area contributed by atoms with Crippen molar-refractivity contribution in [2.45, 2.75) is 243 Å². The van der Waals surface area contributed by atoms with Crippen molar-refractivity contribution in [3.63, 3.8) is 0 Å². The topological polar surface area (TPSA) is 149 Å².